The molecule has 0 atom stereocenters. The Morgan fingerprint density at radius 1 is 1.80 bits per heavy atom. The van der Waals surface area contributed by atoms with Gasteiger partial charge in [-0.25, -0.2) is 4.99 Å². The van der Waals surface area contributed by atoms with Crippen molar-refractivity contribution in [2.45, 2.75) is 6.92 Å². The van der Waals surface area contributed by atoms with Crippen LogP contribution in [0.3, 0.4) is 0 Å². The maximum Gasteiger partial charge on any atom is 0.384 e. The van der Waals surface area contributed by atoms with E-state index in [4.69, 9.17) is 0 Å². The zero-order chi connectivity index (χ0) is 7.56. The molecule has 1 aliphatic heterocycles. The summed E-state index contributed by atoms with van der Waals surface area (Å²) in [5.74, 6) is 0.194. The molecule has 0 unspecified atom stereocenters. The molecule has 0 saturated heterocycles. The van der Waals surface area contributed by atoms with Gasteiger partial charge < -0.3 is 10.1 Å². The highest BCUT2D eigenvalue weighted by Gasteiger charge is 2.16. The van der Waals surface area contributed by atoms with Crippen molar-refractivity contribution in [3.8, 4) is 0 Å². The number of amidine groups is 1. The summed E-state index contributed by atoms with van der Waals surface area (Å²) < 4.78 is 0. The number of hydrogen-bond donors (Lipinski definition) is 0. The molecule has 0 aromatic carbocycles. The van der Waals surface area contributed by atoms with Crippen LogP contribution in [0.15, 0.2) is 21.9 Å². The quantitative estimate of drug-likeness (QED) is 0.364. The second kappa shape index (κ2) is 2.38. The maximum atomic E-state index is 10.0. The molecule has 10 heavy (non-hydrogen) atoms. The van der Waals surface area contributed by atoms with Gasteiger partial charge in [-0.15, -0.1) is 0 Å². The van der Waals surface area contributed by atoms with Crippen molar-refractivity contribution in [3.63, 3.8) is 0 Å². The molecule has 5 nitrogen and oxygen atoms in total. The second-order valence-electron chi connectivity index (χ2n) is 1.63. The first-order valence-corrected chi connectivity index (χ1v) is 2.67. The van der Waals surface area contributed by atoms with Crippen LogP contribution in [-0.4, -0.2) is 17.0 Å². The highest BCUT2D eigenvalue weighted by Crippen LogP contribution is 2.04. The molecule has 0 N–H and O–H groups in total. The van der Waals surface area contributed by atoms with Gasteiger partial charge in [0.25, 0.3) is 5.82 Å². The van der Waals surface area contributed by atoms with Gasteiger partial charge in [0.15, 0.2) is 0 Å². The van der Waals surface area contributed by atoms with Gasteiger partial charge in [-0.2, -0.15) is 0 Å². The predicted molar refractivity (Wildman–Crippen MR) is 36.7 cm³/mol. The molecule has 0 saturated carbocycles. The molecule has 0 spiro atoms. The lowest BCUT2D eigenvalue weighted by atomic mass is 10.6. The minimum atomic E-state index is -0.569. The lowest BCUT2D eigenvalue weighted by Gasteiger charge is -1.82. The third-order valence-electron chi connectivity index (χ3n) is 0.987. The van der Waals surface area contributed by atoms with E-state index < -0.39 is 4.92 Å². The average Bonchev–Trinajstić information content (AvgIpc) is 2.34. The normalized spacial score (nSPS) is 19.7. The molecular weight excluding hydrogens is 134 g/mol. The van der Waals surface area contributed by atoms with Crippen LogP contribution < -0.4 is 0 Å². The minimum absolute atomic E-state index is 0.201. The largest absolute Gasteiger partial charge is 0.384 e. The number of nitro groups is 1. The first-order valence-electron chi connectivity index (χ1n) is 2.67. The summed E-state index contributed by atoms with van der Waals surface area (Å²) in [5.41, 5.74) is 0. The van der Waals surface area contributed by atoms with Crippen molar-refractivity contribution in [2.24, 2.45) is 9.98 Å². The van der Waals surface area contributed by atoms with Crippen molar-refractivity contribution in [2.75, 3.05) is 0 Å². The first-order chi connectivity index (χ1) is 4.74. The molecule has 1 aliphatic rings. The molecule has 1 rings (SSSR count). The standard InChI is InChI=1S/C5H5N3O2/c1-2-4-6-3-5(7-4)8(9)10/h2-3H,1H3. The van der Waals surface area contributed by atoms with E-state index in [0.717, 1.165) is 6.21 Å². The molecule has 0 radical (unpaired) electrons. The predicted octanol–water partition coefficient (Wildman–Crippen LogP) is 0.607. The van der Waals surface area contributed by atoms with Crippen LogP contribution in [0.2, 0.25) is 0 Å². The number of nitrogens with zero attached hydrogens (tertiary/aromatic N) is 3. The van der Waals surface area contributed by atoms with Crippen LogP contribution in [0.4, 0.5) is 0 Å². The van der Waals surface area contributed by atoms with Gasteiger partial charge in [-0.3, -0.25) is 0 Å². The molecule has 52 valence electrons. The van der Waals surface area contributed by atoms with Gasteiger partial charge in [0.1, 0.15) is 6.21 Å². The molecule has 0 bridgehead atoms. The van der Waals surface area contributed by atoms with Crippen molar-refractivity contribution < 1.29 is 4.92 Å². The molecule has 5 heteroatoms. The monoisotopic (exact) mass is 139 g/mol. The Labute approximate surface area is 56.9 Å². The lowest BCUT2D eigenvalue weighted by Crippen LogP contribution is -2.09. The summed E-state index contributed by atoms with van der Waals surface area (Å²) in [6.45, 7) is 1.72. The summed E-state index contributed by atoms with van der Waals surface area (Å²) in [6.07, 6.45) is 2.74. The summed E-state index contributed by atoms with van der Waals surface area (Å²) >= 11 is 0. The Bertz CT molecular complexity index is 252. The van der Waals surface area contributed by atoms with Crippen molar-refractivity contribution >= 4 is 12.1 Å². The van der Waals surface area contributed by atoms with E-state index in [1.54, 1.807) is 13.0 Å². The van der Waals surface area contributed by atoms with Crippen LogP contribution in [0, 0.1) is 10.1 Å². The summed E-state index contributed by atoms with van der Waals surface area (Å²) in [7, 11) is 0. The average molecular weight is 139 g/mol. The Morgan fingerprint density at radius 2 is 2.50 bits per heavy atom. The first kappa shape index (κ1) is 6.60. The van der Waals surface area contributed by atoms with Crippen LogP contribution in [-0.2, 0) is 0 Å². The van der Waals surface area contributed by atoms with E-state index in [1.807, 2.05) is 0 Å². The summed E-state index contributed by atoms with van der Waals surface area (Å²) in [4.78, 5) is 16.7. The SMILES string of the molecule is CC=C1N=CC([N+](=O)[O-])=N1. The summed E-state index contributed by atoms with van der Waals surface area (Å²) in [5, 5.41) is 10.0. The van der Waals surface area contributed by atoms with Gasteiger partial charge in [-0.1, -0.05) is 0 Å². The van der Waals surface area contributed by atoms with Crippen molar-refractivity contribution in [1.29, 1.82) is 0 Å². The number of allylic oxidation sites excluding steroid dienone is 1. The zero-order valence-electron chi connectivity index (χ0n) is 5.31. The highest BCUT2D eigenvalue weighted by molar-refractivity contribution is 6.27. The number of aliphatic imine (C=N–C) groups is 2. The molecule has 0 amide bonds. The van der Waals surface area contributed by atoms with E-state index in [0.29, 0.717) is 5.82 Å². The van der Waals surface area contributed by atoms with Gasteiger partial charge >= 0.3 is 5.84 Å². The van der Waals surface area contributed by atoms with E-state index in [-0.39, 0.29) is 5.84 Å². The zero-order valence-corrected chi connectivity index (χ0v) is 5.31. The Hall–Kier alpha value is -1.52. The number of rotatable bonds is 0. The fraction of sp³-hybridized carbons (Fsp3) is 0.200. The van der Waals surface area contributed by atoms with E-state index >= 15 is 0 Å². The van der Waals surface area contributed by atoms with Gasteiger partial charge in [0, 0.05) is 0 Å². The fourth-order valence-corrected chi connectivity index (χ4v) is 0.526. The highest BCUT2D eigenvalue weighted by atomic mass is 16.6. The molecule has 0 aromatic rings. The van der Waals surface area contributed by atoms with Crippen LogP contribution >= 0.6 is 0 Å². The van der Waals surface area contributed by atoms with E-state index in [2.05, 4.69) is 9.98 Å². The topological polar surface area (TPSA) is 67.9 Å². The fourth-order valence-electron chi connectivity index (χ4n) is 0.526. The van der Waals surface area contributed by atoms with Crippen LogP contribution in [0.5, 0.6) is 0 Å². The molecule has 0 aliphatic carbocycles. The maximum absolute atomic E-state index is 10.0. The molecule has 0 aromatic heterocycles. The minimum Gasteiger partial charge on any atom is -0.358 e. The molecular formula is C5H5N3O2. The summed E-state index contributed by atoms with van der Waals surface area (Å²) in [6, 6.07) is 0. The van der Waals surface area contributed by atoms with Gasteiger partial charge in [-0.05, 0) is 22.9 Å². The lowest BCUT2D eigenvalue weighted by molar-refractivity contribution is -0.345. The number of hydrogen-bond acceptors (Lipinski definition) is 4. The van der Waals surface area contributed by atoms with E-state index in [9.17, 15) is 10.1 Å². The Morgan fingerprint density at radius 3 is 2.80 bits per heavy atom. The second-order valence-corrected chi connectivity index (χ2v) is 1.63. The third-order valence-corrected chi connectivity index (χ3v) is 0.987. The van der Waals surface area contributed by atoms with Gasteiger partial charge in [0.05, 0.1) is 0 Å². The third kappa shape index (κ3) is 1.07. The Kier molecular flexibility index (Phi) is 1.57. The molecule has 0 fully saturated rings. The van der Waals surface area contributed by atoms with Crippen LogP contribution in [0.25, 0.3) is 0 Å². The van der Waals surface area contributed by atoms with Crippen molar-refractivity contribution in [1.82, 2.24) is 0 Å². The smallest absolute Gasteiger partial charge is 0.358 e. The Balaban J connectivity index is 2.88. The molecule has 1 heterocycles. The van der Waals surface area contributed by atoms with Crippen LogP contribution in [0.1, 0.15) is 6.92 Å². The van der Waals surface area contributed by atoms with E-state index in [1.165, 1.54) is 0 Å². The van der Waals surface area contributed by atoms with Gasteiger partial charge in [0.2, 0.25) is 0 Å². The van der Waals surface area contributed by atoms with Crippen molar-refractivity contribution in [3.05, 3.63) is 22.0 Å².